The van der Waals surface area contributed by atoms with Crippen LogP contribution in [-0.2, 0) is 0 Å². The lowest BCUT2D eigenvalue weighted by Gasteiger charge is -2.31. The maximum atomic E-state index is 12.5. The minimum atomic E-state index is -0.0423. The number of benzene rings is 1. The van der Waals surface area contributed by atoms with Gasteiger partial charge in [-0.05, 0) is 36.4 Å². The van der Waals surface area contributed by atoms with Gasteiger partial charge in [0, 0.05) is 42.5 Å². The molecule has 4 N–H and O–H groups in total. The number of aromatic nitrogens is 4. The van der Waals surface area contributed by atoms with Gasteiger partial charge < -0.3 is 16.0 Å². The van der Waals surface area contributed by atoms with Gasteiger partial charge in [0.05, 0.1) is 0 Å². The first-order valence-corrected chi connectivity index (χ1v) is 8.26. The van der Waals surface area contributed by atoms with Crippen LogP contribution in [0.4, 0.5) is 11.9 Å². The van der Waals surface area contributed by atoms with Gasteiger partial charge in [0.15, 0.2) is 0 Å². The minimum Gasteiger partial charge on any atom is -0.368 e. The van der Waals surface area contributed by atoms with Crippen molar-refractivity contribution in [2.45, 2.75) is 18.9 Å². The third-order valence-corrected chi connectivity index (χ3v) is 4.51. The second-order valence-electron chi connectivity index (χ2n) is 6.19. The van der Waals surface area contributed by atoms with Gasteiger partial charge in [0.1, 0.15) is 0 Å². The Kier molecular flexibility index (Phi) is 3.93. The van der Waals surface area contributed by atoms with E-state index in [0.717, 1.165) is 36.7 Å². The fraction of sp³-hybridized carbons (Fsp3) is 0.294. The Labute approximate surface area is 144 Å². The molecule has 1 aliphatic heterocycles. The number of carbonyl (C=O) groups is 1. The SMILES string of the molecule is Nc1nc(N2CCC(NC(=O)c3ccc4cnccc4c3)CC2)n[nH]1. The molecular formula is C17H19N7O. The Morgan fingerprint density at radius 2 is 2.08 bits per heavy atom. The summed E-state index contributed by atoms with van der Waals surface area (Å²) in [6.45, 7) is 1.57. The van der Waals surface area contributed by atoms with Crippen LogP contribution < -0.4 is 16.0 Å². The maximum absolute atomic E-state index is 12.5. The smallest absolute Gasteiger partial charge is 0.251 e. The van der Waals surface area contributed by atoms with Crippen LogP contribution in [-0.4, -0.2) is 45.2 Å². The van der Waals surface area contributed by atoms with Crippen LogP contribution >= 0.6 is 0 Å². The average Bonchev–Trinajstić information content (AvgIpc) is 3.08. The van der Waals surface area contributed by atoms with Gasteiger partial charge in [0.25, 0.3) is 5.91 Å². The predicted octanol–water partition coefficient (Wildman–Crippen LogP) is 1.33. The first-order valence-electron chi connectivity index (χ1n) is 8.26. The maximum Gasteiger partial charge on any atom is 0.251 e. The highest BCUT2D eigenvalue weighted by Crippen LogP contribution is 2.18. The highest BCUT2D eigenvalue weighted by Gasteiger charge is 2.23. The molecule has 0 atom stereocenters. The number of amides is 1. The van der Waals surface area contributed by atoms with Crippen LogP contribution in [0.15, 0.2) is 36.7 Å². The number of hydrogen-bond acceptors (Lipinski definition) is 6. The van der Waals surface area contributed by atoms with Gasteiger partial charge in [-0.3, -0.25) is 9.78 Å². The van der Waals surface area contributed by atoms with Crippen molar-refractivity contribution >= 4 is 28.6 Å². The number of nitrogens with zero attached hydrogens (tertiary/aromatic N) is 4. The van der Waals surface area contributed by atoms with Gasteiger partial charge in [0.2, 0.25) is 11.9 Å². The van der Waals surface area contributed by atoms with E-state index in [-0.39, 0.29) is 11.9 Å². The highest BCUT2D eigenvalue weighted by atomic mass is 16.1. The Hall–Kier alpha value is -3.16. The Morgan fingerprint density at radius 1 is 1.24 bits per heavy atom. The lowest BCUT2D eigenvalue weighted by Crippen LogP contribution is -2.45. The number of carbonyl (C=O) groups excluding carboxylic acids is 1. The molecule has 1 aromatic carbocycles. The molecule has 4 rings (SSSR count). The normalized spacial score (nSPS) is 15.4. The number of pyridine rings is 1. The lowest BCUT2D eigenvalue weighted by atomic mass is 10.0. The number of nitrogens with one attached hydrogen (secondary N) is 2. The first kappa shape index (κ1) is 15.4. The molecule has 8 nitrogen and oxygen atoms in total. The Morgan fingerprint density at radius 3 is 2.84 bits per heavy atom. The molecule has 1 amide bonds. The molecule has 3 aromatic rings. The number of anilines is 2. The molecule has 0 aliphatic carbocycles. The van der Waals surface area contributed by atoms with Crippen molar-refractivity contribution in [3.8, 4) is 0 Å². The summed E-state index contributed by atoms with van der Waals surface area (Å²) in [6, 6.07) is 7.72. The van der Waals surface area contributed by atoms with Crippen molar-refractivity contribution in [1.82, 2.24) is 25.5 Å². The van der Waals surface area contributed by atoms with Gasteiger partial charge >= 0.3 is 0 Å². The van der Waals surface area contributed by atoms with E-state index in [1.807, 2.05) is 24.3 Å². The summed E-state index contributed by atoms with van der Waals surface area (Å²) >= 11 is 0. The van der Waals surface area contributed by atoms with Crippen molar-refractivity contribution < 1.29 is 4.79 Å². The van der Waals surface area contributed by atoms with Crippen LogP contribution in [0.3, 0.4) is 0 Å². The van der Waals surface area contributed by atoms with Gasteiger partial charge in [-0.2, -0.15) is 4.98 Å². The zero-order valence-corrected chi connectivity index (χ0v) is 13.6. The number of aromatic amines is 1. The molecule has 1 aliphatic rings. The second-order valence-corrected chi connectivity index (χ2v) is 6.19. The van der Waals surface area contributed by atoms with Crippen LogP contribution in [0.5, 0.6) is 0 Å². The molecule has 128 valence electrons. The first-order chi connectivity index (χ1) is 12.2. The summed E-state index contributed by atoms with van der Waals surface area (Å²) < 4.78 is 0. The molecule has 8 heteroatoms. The third kappa shape index (κ3) is 3.23. The fourth-order valence-electron chi connectivity index (χ4n) is 3.12. The summed E-state index contributed by atoms with van der Waals surface area (Å²) in [6.07, 6.45) is 5.22. The standard InChI is InChI=1S/C17H19N7O/c18-16-21-17(23-22-16)24-7-4-14(5-8-24)20-15(25)12-1-2-13-10-19-6-3-11(13)9-12/h1-3,6,9-10,14H,4-5,7-8H2,(H,20,25)(H3,18,21,22,23). The van der Waals surface area contributed by atoms with Crippen molar-refractivity contribution in [3.05, 3.63) is 42.2 Å². The second kappa shape index (κ2) is 6.39. The topological polar surface area (TPSA) is 113 Å². The van der Waals surface area contributed by atoms with E-state index in [2.05, 4.69) is 30.4 Å². The molecule has 1 fully saturated rings. The molecule has 2 aromatic heterocycles. The van der Waals surface area contributed by atoms with Crippen LogP contribution in [0.1, 0.15) is 23.2 Å². The fourth-order valence-corrected chi connectivity index (χ4v) is 3.12. The van der Waals surface area contributed by atoms with Gasteiger partial charge in [-0.15, -0.1) is 5.10 Å². The monoisotopic (exact) mass is 337 g/mol. The van der Waals surface area contributed by atoms with E-state index < -0.39 is 0 Å². The molecule has 0 saturated carbocycles. The number of piperidine rings is 1. The van der Waals surface area contributed by atoms with Crippen LogP contribution in [0, 0.1) is 0 Å². The summed E-state index contributed by atoms with van der Waals surface area (Å²) in [5.41, 5.74) is 6.23. The van der Waals surface area contributed by atoms with Crippen LogP contribution in [0.25, 0.3) is 10.8 Å². The summed E-state index contributed by atoms with van der Waals surface area (Å²) in [7, 11) is 0. The Balaban J connectivity index is 1.38. The number of nitrogens with two attached hydrogens (primary N) is 1. The Bertz CT molecular complexity index is 899. The zero-order valence-electron chi connectivity index (χ0n) is 13.6. The molecule has 0 radical (unpaired) electrons. The van der Waals surface area contributed by atoms with Crippen molar-refractivity contribution in [3.63, 3.8) is 0 Å². The number of fused-ring (bicyclic) bond motifs is 1. The van der Waals surface area contributed by atoms with Crippen molar-refractivity contribution in [1.29, 1.82) is 0 Å². The molecule has 25 heavy (non-hydrogen) atoms. The van der Waals surface area contributed by atoms with E-state index in [9.17, 15) is 4.79 Å². The molecule has 1 saturated heterocycles. The number of rotatable bonds is 3. The predicted molar refractivity (Wildman–Crippen MR) is 95.2 cm³/mol. The minimum absolute atomic E-state index is 0.0423. The summed E-state index contributed by atoms with van der Waals surface area (Å²) in [4.78, 5) is 22.8. The number of nitrogen functional groups attached to an aromatic ring is 1. The quantitative estimate of drug-likeness (QED) is 0.665. The number of H-pyrrole nitrogens is 1. The van der Waals surface area contributed by atoms with Crippen LogP contribution in [0.2, 0.25) is 0 Å². The van der Waals surface area contributed by atoms with Gasteiger partial charge in [-0.1, -0.05) is 6.07 Å². The molecular weight excluding hydrogens is 318 g/mol. The molecule has 0 spiro atoms. The lowest BCUT2D eigenvalue weighted by molar-refractivity contribution is 0.0931. The third-order valence-electron chi connectivity index (χ3n) is 4.51. The van der Waals surface area contributed by atoms with Crippen molar-refractivity contribution in [2.75, 3.05) is 23.7 Å². The van der Waals surface area contributed by atoms with E-state index >= 15 is 0 Å². The highest BCUT2D eigenvalue weighted by molar-refractivity contribution is 5.98. The van der Waals surface area contributed by atoms with Crippen molar-refractivity contribution in [2.24, 2.45) is 0 Å². The molecule has 0 bridgehead atoms. The molecule has 3 heterocycles. The van der Waals surface area contributed by atoms with E-state index in [1.165, 1.54) is 0 Å². The number of hydrogen-bond donors (Lipinski definition) is 3. The molecule has 0 unspecified atom stereocenters. The largest absolute Gasteiger partial charge is 0.368 e. The van der Waals surface area contributed by atoms with E-state index in [0.29, 0.717) is 17.5 Å². The summed E-state index contributed by atoms with van der Waals surface area (Å²) in [5, 5.41) is 11.9. The average molecular weight is 337 g/mol. The van der Waals surface area contributed by atoms with E-state index in [4.69, 9.17) is 5.73 Å². The van der Waals surface area contributed by atoms with E-state index in [1.54, 1.807) is 12.4 Å². The van der Waals surface area contributed by atoms with Gasteiger partial charge in [-0.25, -0.2) is 5.10 Å². The summed E-state index contributed by atoms with van der Waals surface area (Å²) in [5.74, 6) is 0.890. The zero-order chi connectivity index (χ0) is 17.2.